The fourth-order valence-electron chi connectivity index (χ4n) is 1.92. The van der Waals surface area contributed by atoms with E-state index in [-0.39, 0.29) is 0 Å². The first kappa shape index (κ1) is 12.3. The Kier molecular flexibility index (Phi) is 3.76. The molecular formula is C12H13IN4S. The average Bonchev–Trinajstić information content (AvgIpc) is 2.90. The van der Waals surface area contributed by atoms with Gasteiger partial charge in [-0.2, -0.15) is 9.36 Å². The van der Waals surface area contributed by atoms with E-state index in [4.69, 9.17) is 0 Å². The molecule has 3 rings (SSSR count). The molecule has 0 bridgehead atoms. The van der Waals surface area contributed by atoms with Crippen molar-refractivity contribution in [3.63, 3.8) is 0 Å². The van der Waals surface area contributed by atoms with Crippen molar-refractivity contribution >= 4 is 39.5 Å². The van der Waals surface area contributed by atoms with Gasteiger partial charge in [-0.15, -0.1) is 0 Å². The predicted octanol–water partition coefficient (Wildman–Crippen LogP) is 2.68. The van der Waals surface area contributed by atoms with Gasteiger partial charge in [-0.3, -0.25) is 0 Å². The Bertz CT molecular complexity index is 508. The number of aromatic nitrogens is 2. The highest BCUT2D eigenvalue weighted by atomic mass is 127. The molecule has 0 atom stereocenters. The lowest BCUT2D eigenvalue weighted by molar-refractivity contribution is 0.460. The van der Waals surface area contributed by atoms with Crippen LogP contribution in [0, 0.1) is 0 Å². The number of benzene rings is 1. The highest BCUT2D eigenvalue weighted by Crippen LogP contribution is 2.24. The summed E-state index contributed by atoms with van der Waals surface area (Å²) in [6, 6.07) is 10.1. The fourth-order valence-corrected chi connectivity index (χ4v) is 3.09. The average molecular weight is 372 g/mol. The van der Waals surface area contributed by atoms with Gasteiger partial charge in [0, 0.05) is 66.1 Å². The van der Waals surface area contributed by atoms with Crippen molar-refractivity contribution in [3.05, 3.63) is 30.3 Å². The van der Waals surface area contributed by atoms with Crippen LogP contribution in [0.1, 0.15) is 0 Å². The lowest BCUT2D eigenvalue weighted by atomic mass is 10.2. The largest absolute Gasteiger partial charge is 0.344 e. The first-order chi connectivity index (χ1) is 8.83. The third-order valence-corrected chi connectivity index (χ3v) is 4.68. The molecule has 0 aliphatic carbocycles. The molecule has 0 unspecified atom stereocenters. The maximum atomic E-state index is 4.64. The maximum Gasteiger partial charge on any atom is 0.205 e. The van der Waals surface area contributed by atoms with Gasteiger partial charge in [-0.05, 0) is 0 Å². The van der Waals surface area contributed by atoms with E-state index in [1.54, 1.807) is 0 Å². The Morgan fingerprint density at radius 2 is 1.78 bits per heavy atom. The summed E-state index contributed by atoms with van der Waals surface area (Å²) in [6.45, 7) is 4.24. The van der Waals surface area contributed by atoms with Crippen LogP contribution in [0.2, 0.25) is 0 Å². The molecule has 1 saturated heterocycles. The Morgan fingerprint density at radius 1 is 1.06 bits per heavy atom. The Labute approximate surface area is 124 Å². The quantitative estimate of drug-likeness (QED) is 0.600. The van der Waals surface area contributed by atoms with Gasteiger partial charge >= 0.3 is 0 Å². The number of halogens is 1. The summed E-state index contributed by atoms with van der Waals surface area (Å²) in [5, 5.41) is 1.04. The van der Waals surface area contributed by atoms with Gasteiger partial charge in [0.25, 0.3) is 0 Å². The third kappa shape index (κ3) is 2.65. The van der Waals surface area contributed by atoms with E-state index in [1.807, 2.05) is 18.2 Å². The summed E-state index contributed by atoms with van der Waals surface area (Å²) in [5.41, 5.74) is 1.09. The molecule has 2 aromatic rings. The molecule has 1 aliphatic rings. The van der Waals surface area contributed by atoms with E-state index < -0.39 is 0 Å². The number of nitrogens with zero attached hydrogens (tertiary/aromatic N) is 4. The molecule has 1 aromatic carbocycles. The molecule has 1 aliphatic heterocycles. The van der Waals surface area contributed by atoms with Crippen LogP contribution < -0.4 is 4.90 Å². The van der Waals surface area contributed by atoms with Crippen LogP contribution in [0.3, 0.4) is 0 Å². The van der Waals surface area contributed by atoms with Crippen LogP contribution in [-0.4, -0.2) is 38.6 Å². The minimum atomic E-state index is 0.840. The summed E-state index contributed by atoms with van der Waals surface area (Å²) in [7, 11) is 0. The summed E-state index contributed by atoms with van der Waals surface area (Å²) in [5.74, 6) is 0.840. The van der Waals surface area contributed by atoms with E-state index >= 15 is 0 Å². The van der Waals surface area contributed by atoms with Crippen LogP contribution in [0.15, 0.2) is 30.3 Å². The van der Waals surface area contributed by atoms with Gasteiger partial charge in [0.15, 0.2) is 5.82 Å². The Balaban J connectivity index is 1.78. The van der Waals surface area contributed by atoms with Crippen molar-refractivity contribution < 1.29 is 0 Å². The van der Waals surface area contributed by atoms with Gasteiger partial charge < -0.3 is 4.90 Å². The first-order valence-corrected chi connectivity index (χ1v) is 7.61. The van der Waals surface area contributed by atoms with Crippen molar-refractivity contribution in [2.45, 2.75) is 0 Å². The standard InChI is InChI=1S/C12H13IN4S/c13-17-8-6-16(7-9-17)12-14-11(15-18-12)10-4-2-1-3-5-10/h1-5H,6-9H2. The second-order valence-electron chi connectivity index (χ2n) is 4.16. The monoisotopic (exact) mass is 372 g/mol. The first-order valence-electron chi connectivity index (χ1n) is 5.88. The van der Waals surface area contributed by atoms with E-state index in [9.17, 15) is 0 Å². The summed E-state index contributed by atoms with van der Waals surface area (Å²) >= 11 is 3.87. The molecule has 6 heteroatoms. The lowest BCUT2D eigenvalue weighted by Crippen LogP contribution is -2.42. The van der Waals surface area contributed by atoms with Crippen LogP contribution in [-0.2, 0) is 0 Å². The molecule has 1 aromatic heterocycles. The van der Waals surface area contributed by atoms with E-state index in [2.05, 4.69) is 52.4 Å². The van der Waals surface area contributed by atoms with Gasteiger partial charge in [0.05, 0.1) is 0 Å². The van der Waals surface area contributed by atoms with Gasteiger partial charge in [0.2, 0.25) is 5.13 Å². The normalized spacial score (nSPS) is 17.1. The number of hydrogen-bond acceptors (Lipinski definition) is 5. The predicted molar refractivity (Wildman–Crippen MR) is 83.2 cm³/mol. The number of hydrogen-bond donors (Lipinski definition) is 0. The third-order valence-electron chi connectivity index (χ3n) is 2.94. The zero-order valence-corrected chi connectivity index (χ0v) is 12.8. The fraction of sp³-hybridized carbons (Fsp3) is 0.333. The highest BCUT2D eigenvalue weighted by molar-refractivity contribution is 14.1. The molecule has 94 valence electrons. The zero-order chi connectivity index (χ0) is 12.4. The molecule has 2 heterocycles. The molecule has 0 saturated carbocycles. The van der Waals surface area contributed by atoms with Crippen LogP contribution >= 0.6 is 34.4 Å². The Morgan fingerprint density at radius 3 is 2.50 bits per heavy atom. The lowest BCUT2D eigenvalue weighted by Gasteiger charge is -2.30. The summed E-state index contributed by atoms with van der Waals surface area (Å²) in [6.07, 6.45) is 0. The maximum absolute atomic E-state index is 4.64. The van der Waals surface area contributed by atoms with Gasteiger partial charge in [-0.1, -0.05) is 30.3 Å². The second kappa shape index (κ2) is 5.50. The Hall–Kier alpha value is -0.730. The van der Waals surface area contributed by atoms with Crippen LogP contribution in [0.4, 0.5) is 5.13 Å². The van der Waals surface area contributed by atoms with Crippen molar-refractivity contribution in [1.82, 2.24) is 12.5 Å². The molecule has 0 N–H and O–H groups in total. The molecule has 18 heavy (non-hydrogen) atoms. The molecule has 1 fully saturated rings. The van der Waals surface area contributed by atoms with E-state index in [1.165, 1.54) is 11.5 Å². The van der Waals surface area contributed by atoms with Crippen molar-refractivity contribution in [2.24, 2.45) is 0 Å². The van der Waals surface area contributed by atoms with Gasteiger partial charge in [-0.25, -0.2) is 3.11 Å². The zero-order valence-electron chi connectivity index (χ0n) is 9.79. The summed E-state index contributed by atoms with van der Waals surface area (Å²) < 4.78 is 6.77. The second-order valence-corrected chi connectivity index (χ2v) is 6.26. The highest BCUT2D eigenvalue weighted by Gasteiger charge is 2.18. The van der Waals surface area contributed by atoms with E-state index in [0.29, 0.717) is 0 Å². The molecule has 4 nitrogen and oxygen atoms in total. The molecule has 0 radical (unpaired) electrons. The van der Waals surface area contributed by atoms with Crippen LogP contribution in [0.25, 0.3) is 11.4 Å². The van der Waals surface area contributed by atoms with E-state index in [0.717, 1.165) is 42.7 Å². The van der Waals surface area contributed by atoms with Crippen molar-refractivity contribution in [3.8, 4) is 11.4 Å². The molecule has 0 spiro atoms. The van der Waals surface area contributed by atoms with Crippen LogP contribution in [0.5, 0.6) is 0 Å². The van der Waals surface area contributed by atoms with Crippen molar-refractivity contribution in [2.75, 3.05) is 31.1 Å². The number of rotatable bonds is 2. The smallest absolute Gasteiger partial charge is 0.205 e. The minimum Gasteiger partial charge on any atom is -0.344 e. The summed E-state index contributed by atoms with van der Waals surface area (Å²) in [4.78, 5) is 6.96. The number of anilines is 1. The number of piperazine rings is 1. The molecular weight excluding hydrogens is 359 g/mol. The van der Waals surface area contributed by atoms with Gasteiger partial charge in [0.1, 0.15) is 0 Å². The topological polar surface area (TPSA) is 32.3 Å². The minimum absolute atomic E-state index is 0.840. The van der Waals surface area contributed by atoms with Crippen molar-refractivity contribution in [1.29, 1.82) is 0 Å². The molecule has 0 amide bonds. The SMILES string of the molecule is IN1CCN(c2nc(-c3ccccc3)ns2)CC1.